The number of hydrogen-bond donors (Lipinski definition) is 0. The number of benzene rings is 1. The van der Waals surface area contributed by atoms with Crippen molar-refractivity contribution in [3.8, 4) is 11.3 Å². The van der Waals surface area contributed by atoms with Crippen LogP contribution in [0.1, 0.15) is 10.5 Å². The molecule has 0 spiro atoms. The van der Waals surface area contributed by atoms with Crippen molar-refractivity contribution in [2.24, 2.45) is 0 Å². The molecule has 1 heterocycles. The minimum absolute atomic E-state index is 0.0774. The van der Waals surface area contributed by atoms with E-state index in [0.717, 1.165) is 0 Å². The van der Waals surface area contributed by atoms with Crippen LogP contribution in [0.4, 0.5) is 0 Å². The molecule has 0 fully saturated rings. The number of pyridine rings is 1. The average molecular weight is 355 g/mol. The molecule has 2 nitrogen and oxygen atoms in total. The van der Waals surface area contributed by atoms with Crippen molar-refractivity contribution in [1.82, 2.24) is 4.98 Å². The molecule has 0 N–H and O–H groups in total. The van der Waals surface area contributed by atoms with Crippen molar-refractivity contribution >= 4 is 64.3 Å². The molecule has 0 radical (unpaired) electrons. The molecule has 0 unspecified atom stereocenters. The molecular weight excluding hydrogens is 351 g/mol. The minimum atomic E-state index is 0.0774. The maximum Gasteiger partial charge on any atom is 0.168 e. The summed E-state index contributed by atoms with van der Waals surface area (Å²) in [6.07, 6.45) is 0.616. The van der Waals surface area contributed by atoms with Crippen LogP contribution in [0, 0.1) is 0 Å². The number of nitrogens with zero attached hydrogens (tertiary/aromatic N) is 1. The van der Waals surface area contributed by atoms with Gasteiger partial charge in [-0.25, -0.2) is 4.98 Å². The van der Waals surface area contributed by atoms with Crippen molar-refractivity contribution < 1.29 is 4.79 Å². The lowest BCUT2D eigenvalue weighted by molar-refractivity contribution is 0.111. The fourth-order valence-electron chi connectivity index (χ4n) is 1.49. The monoisotopic (exact) mass is 353 g/mol. The van der Waals surface area contributed by atoms with Crippen LogP contribution in [0.15, 0.2) is 18.2 Å². The van der Waals surface area contributed by atoms with Crippen molar-refractivity contribution in [2.75, 3.05) is 0 Å². The summed E-state index contributed by atoms with van der Waals surface area (Å²) < 4.78 is 0. The highest BCUT2D eigenvalue weighted by Crippen LogP contribution is 2.47. The predicted octanol–water partition coefficient (Wildman–Crippen LogP) is 5.83. The standard InChI is InChI=1S/C12H4Cl5NO/c13-8-7(6-3-1-2-5(4-19)18-6)9(14)11(16)12(17)10(8)15/h1-4H. The van der Waals surface area contributed by atoms with E-state index in [1.165, 1.54) is 0 Å². The van der Waals surface area contributed by atoms with Crippen LogP contribution in [-0.4, -0.2) is 11.3 Å². The number of aromatic nitrogens is 1. The van der Waals surface area contributed by atoms with Gasteiger partial charge in [0.05, 0.1) is 30.8 Å². The molecule has 0 saturated carbocycles. The van der Waals surface area contributed by atoms with Crippen molar-refractivity contribution in [3.05, 3.63) is 49.0 Å². The summed E-state index contributed by atoms with van der Waals surface area (Å²) in [4.78, 5) is 14.8. The molecule has 98 valence electrons. The molecule has 19 heavy (non-hydrogen) atoms. The summed E-state index contributed by atoms with van der Waals surface area (Å²) in [5, 5.41) is 0.527. The van der Waals surface area contributed by atoms with E-state index >= 15 is 0 Å². The van der Waals surface area contributed by atoms with Gasteiger partial charge in [0.2, 0.25) is 0 Å². The lowest BCUT2D eigenvalue weighted by Crippen LogP contribution is -1.93. The molecule has 7 heteroatoms. The van der Waals surface area contributed by atoms with Gasteiger partial charge in [-0.1, -0.05) is 64.1 Å². The van der Waals surface area contributed by atoms with Gasteiger partial charge >= 0.3 is 0 Å². The summed E-state index contributed by atoms with van der Waals surface area (Å²) in [6, 6.07) is 4.84. The fourth-order valence-corrected chi connectivity index (χ4v) is 2.82. The average Bonchev–Trinajstić information content (AvgIpc) is 2.43. The van der Waals surface area contributed by atoms with E-state index in [4.69, 9.17) is 58.0 Å². The van der Waals surface area contributed by atoms with Crippen LogP contribution in [0.25, 0.3) is 11.3 Å². The number of carbonyl (C=O) groups is 1. The molecule has 0 amide bonds. The Bertz CT molecular complexity index is 642. The normalized spacial score (nSPS) is 10.6. The first-order chi connectivity index (χ1) is 8.97. The molecule has 0 aliphatic rings. The van der Waals surface area contributed by atoms with Gasteiger partial charge in [0.15, 0.2) is 6.29 Å². The van der Waals surface area contributed by atoms with Crippen molar-refractivity contribution in [1.29, 1.82) is 0 Å². The minimum Gasteiger partial charge on any atom is -0.296 e. The van der Waals surface area contributed by atoms with E-state index in [-0.39, 0.29) is 30.8 Å². The van der Waals surface area contributed by atoms with Crippen LogP contribution < -0.4 is 0 Å². The zero-order valence-electron chi connectivity index (χ0n) is 9.05. The highest BCUT2D eigenvalue weighted by Gasteiger charge is 2.21. The second-order valence-corrected chi connectivity index (χ2v) is 5.40. The van der Waals surface area contributed by atoms with Gasteiger partial charge < -0.3 is 0 Å². The topological polar surface area (TPSA) is 30.0 Å². The number of hydrogen-bond acceptors (Lipinski definition) is 2. The van der Waals surface area contributed by atoms with Crippen LogP contribution in [0.5, 0.6) is 0 Å². The van der Waals surface area contributed by atoms with E-state index in [1.807, 2.05) is 0 Å². The van der Waals surface area contributed by atoms with E-state index in [1.54, 1.807) is 18.2 Å². The highest BCUT2D eigenvalue weighted by atomic mass is 35.5. The van der Waals surface area contributed by atoms with Gasteiger partial charge in [-0.2, -0.15) is 0 Å². The third-order valence-electron chi connectivity index (χ3n) is 2.36. The summed E-state index contributed by atoms with van der Waals surface area (Å²) in [5.74, 6) is 0. The van der Waals surface area contributed by atoms with Gasteiger partial charge in [0.1, 0.15) is 5.69 Å². The van der Waals surface area contributed by atoms with Crippen molar-refractivity contribution in [2.45, 2.75) is 0 Å². The van der Waals surface area contributed by atoms with Gasteiger partial charge in [-0.05, 0) is 12.1 Å². The van der Waals surface area contributed by atoms with Gasteiger partial charge in [0, 0.05) is 5.56 Å². The maximum absolute atomic E-state index is 10.7. The Kier molecular flexibility index (Phi) is 4.59. The Balaban J connectivity index is 2.78. The lowest BCUT2D eigenvalue weighted by Gasteiger charge is -2.12. The van der Waals surface area contributed by atoms with Crippen LogP contribution in [0.3, 0.4) is 0 Å². The smallest absolute Gasteiger partial charge is 0.168 e. The largest absolute Gasteiger partial charge is 0.296 e. The van der Waals surface area contributed by atoms with E-state index in [9.17, 15) is 4.79 Å². The Morgan fingerprint density at radius 2 is 1.37 bits per heavy atom. The van der Waals surface area contributed by atoms with Gasteiger partial charge in [0.25, 0.3) is 0 Å². The third-order valence-corrected chi connectivity index (χ3v) is 4.63. The maximum atomic E-state index is 10.7. The Hall–Kier alpha value is -0.510. The summed E-state index contributed by atoms with van der Waals surface area (Å²) in [6.45, 7) is 0. The number of halogens is 5. The molecule has 0 aliphatic heterocycles. The zero-order chi connectivity index (χ0) is 14.2. The first kappa shape index (κ1) is 14.9. The molecule has 2 aromatic rings. The number of aldehydes is 1. The summed E-state index contributed by atoms with van der Waals surface area (Å²) in [5.41, 5.74) is 0.971. The van der Waals surface area contributed by atoms with Crippen LogP contribution in [0.2, 0.25) is 25.1 Å². The molecule has 0 bridgehead atoms. The quantitative estimate of drug-likeness (QED) is 0.385. The Morgan fingerprint density at radius 1 is 0.842 bits per heavy atom. The first-order valence-corrected chi connectivity index (χ1v) is 6.80. The lowest BCUT2D eigenvalue weighted by atomic mass is 10.1. The van der Waals surface area contributed by atoms with Gasteiger partial charge in [-0.15, -0.1) is 0 Å². The van der Waals surface area contributed by atoms with E-state index in [0.29, 0.717) is 17.5 Å². The van der Waals surface area contributed by atoms with E-state index < -0.39 is 0 Å². The zero-order valence-corrected chi connectivity index (χ0v) is 12.8. The van der Waals surface area contributed by atoms with Crippen molar-refractivity contribution in [3.63, 3.8) is 0 Å². The SMILES string of the molecule is O=Cc1cccc(-c2c(Cl)c(Cl)c(Cl)c(Cl)c2Cl)n1. The third kappa shape index (κ3) is 2.69. The molecule has 1 aromatic heterocycles. The molecule has 0 atom stereocenters. The number of carbonyl (C=O) groups excluding carboxylic acids is 1. The van der Waals surface area contributed by atoms with Crippen LogP contribution >= 0.6 is 58.0 Å². The summed E-state index contributed by atoms with van der Waals surface area (Å²) >= 11 is 30.1. The Labute approximate surface area is 134 Å². The Morgan fingerprint density at radius 3 is 1.89 bits per heavy atom. The predicted molar refractivity (Wildman–Crippen MR) is 80.1 cm³/mol. The van der Waals surface area contributed by atoms with Crippen LogP contribution in [-0.2, 0) is 0 Å². The summed E-state index contributed by atoms with van der Waals surface area (Å²) in [7, 11) is 0. The molecule has 2 rings (SSSR count). The highest BCUT2D eigenvalue weighted by molar-refractivity contribution is 6.56. The molecule has 0 aliphatic carbocycles. The second-order valence-electron chi connectivity index (χ2n) is 3.51. The number of rotatable bonds is 2. The second kappa shape index (κ2) is 5.86. The molecule has 1 aromatic carbocycles. The molecule has 0 saturated heterocycles. The van der Waals surface area contributed by atoms with Gasteiger partial charge in [-0.3, -0.25) is 4.79 Å². The van der Waals surface area contributed by atoms with E-state index in [2.05, 4.69) is 4.98 Å². The fraction of sp³-hybridized carbons (Fsp3) is 0. The first-order valence-electron chi connectivity index (χ1n) is 4.91. The molecular formula is C12H4Cl5NO.